The van der Waals surface area contributed by atoms with E-state index >= 15 is 0 Å². The molecule has 3 aliphatic rings. The minimum absolute atomic E-state index is 0.00327. The van der Waals surface area contributed by atoms with Gasteiger partial charge in [0.25, 0.3) is 0 Å². The molecule has 1 aliphatic carbocycles. The molecular formula is C58H94N4O4. The third-order valence-electron chi connectivity index (χ3n) is 16.7. The van der Waals surface area contributed by atoms with Gasteiger partial charge in [-0.1, -0.05) is 165 Å². The average molecular weight is 911 g/mol. The number of amides is 2. The second-order valence-corrected chi connectivity index (χ2v) is 21.8. The molecular weight excluding hydrogens is 817 g/mol. The van der Waals surface area contributed by atoms with Crippen molar-refractivity contribution < 1.29 is 19.8 Å². The van der Waals surface area contributed by atoms with Gasteiger partial charge in [-0.15, -0.1) is 0 Å². The van der Waals surface area contributed by atoms with Crippen LogP contribution in [0.3, 0.4) is 0 Å². The first-order chi connectivity index (χ1) is 31.5. The van der Waals surface area contributed by atoms with E-state index in [1.54, 1.807) is 0 Å². The number of hydrogen-bond acceptors (Lipinski definition) is 6. The Morgan fingerprint density at radius 3 is 1.44 bits per heavy atom. The molecule has 370 valence electrons. The molecule has 2 heterocycles. The van der Waals surface area contributed by atoms with Gasteiger partial charge in [-0.25, -0.2) is 0 Å². The molecule has 0 spiro atoms. The maximum Gasteiger partial charge on any atom is 0.227 e. The Bertz CT molecular complexity index is 1950. The minimum Gasteiger partial charge on any atom is -0.511 e. The molecule has 5 rings (SSSR count). The predicted octanol–water partition coefficient (Wildman–Crippen LogP) is 15.1. The normalized spacial score (nSPS) is 21.4. The van der Waals surface area contributed by atoms with Crippen LogP contribution >= 0.6 is 0 Å². The Labute approximate surface area is 402 Å². The molecule has 0 radical (unpaired) electrons. The highest BCUT2D eigenvalue weighted by Crippen LogP contribution is 2.56. The zero-order chi connectivity index (χ0) is 48.3. The van der Waals surface area contributed by atoms with E-state index in [4.69, 9.17) is 0 Å². The number of carbonyl (C=O) groups is 2. The summed E-state index contributed by atoms with van der Waals surface area (Å²) in [4.78, 5) is 33.4. The number of anilines is 4. The third kappa shape index (κ3) is 11.5. The molecule has 8 heteroatoms. The van der Waals surface area contributed by atoms with Gasteiger partial charge < -0.3 is 30.6 Å². The fraction of sp³-hybridized carbons (Fsp3) is 0.724. The molecule has 66 heavy (non-hydrogen) atoms. The van der Waals surface area contributed by atoms with Crippen molar-refractivity contribution in [3.8, 4) is 0 Å². The molecule has 2 aliphatic heterocycles. The molecule has 0 aromatic heterocycles. The Kier molecular flexibility index (Phi) is 19.6. The molecule has 2 aromatic carbocycles. The second kappa shape index (κ2) is 24.2. The predicted molar refractivity (Wildman–Crippen MR) is 281 cm³/mol. The maximum absolute atomic E-state index is 14.2. The first kappa shape index (κ1) is 53.4. The summed E-state index contributed by atoms with van der Waals surface area (Å²) in [6.45, 7) is 28.7. The van der Waals surface area contributed by atoms with Crippen LogP contribution in [0.4, 0.5) is 22.7 Å². The number of nitrogens with zero attached hydrogens (tertiary/aromatic N) is 2. The Morgan fingerprint density at radius 2 is 1.00 bits per heavy atom. The first-order valence-corrected chi connectivity index (χ1v) is 27.2. The summed E-state index contributed by atoms with van der Waals surface area (Å²) < 4.78 is 0. The monoisotopic (exact) mass is 911 g/mol. The van der Waals surface area contributed by atoms with Crippen LogP contribution in [0.5, 0.6) is 0 Å². The lowest BCUT2D eigenvalue weighted by atomic mass is 9.70. The zero-order valence-corrected chi connectivity index (χ0v) is 43.9. The summed E-state index contributed by atoms with van der Waals surface area (Å²) in [6.07, 6.45) is 20.8. The van der Waals surface area contributed by atoms with Gasteiger partial charge in [0.05, 0.1) is 17.7 Å². The molecule has 6 atom stereocenters. The number of rotatable bonds is 28. The van der Waals surface area contributed by atoms with Crippen LogP contribution in [0.15, 0.2) is 30.0 Å². The van der Waals surface area contributed by atoms with Crippen molar-refractivity contribution in [1.82, 2.24) is 0 Å². The number of benzene rings is 2. The summed E-state index contributed by atoms with van der Waals surface area (Å²) in [5.74, 6) is -0.905. The first-order valence-electron chi connectivity index (χ1n) is 27.2. The number of nitrogens with one attached hydrogen (secondary N) is 2. The lowest BCUT2D eigenvalue weighted by molar-refractivity contribution is -0.121. The molecule has 2 amide bonds. The topological polar surface area (TPSA) is 105 Å². The lowest BCUT2D eigenvalue weighted by Gasteiger charge is -2.38. The maximum atomic E-state index is 14.2. The van der Waals surface area contributed by atoms with Crippen LogP contribution in [-0.4, -0.2) is 53.3 Å². The Hall–Kier alpha value is -3.52. The molecule has 6 unspecified atom stereocenters. The van der Waals surface area contributed by atoms with Crippen molar-refractivity contribution in [1.29, 1.82) is 0 Å². The average Bonchev–Trinajstić information content (AvgIpc) is 3.58. The van der Waals surface area contributed by atoms with Gasteiger partial charge in [0.1, 0.15) is 5.76 Å². The van der Waals surface area contributed by atoms with Crippen LogP contribution in [0.1, 0.15) is 240 Å². The molecule has 0 saturated heterocycles. The van der Waals surface area contributed by atoms with Crippen molar-refractivity contribution in [2.45, 2.75) is 246 Å². The highest BCUT2D eigenvalue weighted by atomic mass is 16.3. The Balaban J connectivity index is 1.61. The quantitative estimate of drug-likeness (QED) is 0.0634. The van der Waals surface area contributed by atoms with Crippen LogP contribution in [-0.2, 0) is 20.4 Å². The summed E-state index contributed by atoms with van der Waals surface area (Å²) in [5.41, 5.74) is 7.43. The fourth-order valence-electron chi connectivity index (χ4n) is 11.4. The molecule has 0 bridgehead atoms. The van der Waals surface area contributed by atoms with Gasteiger partial charge in [-0.05, 0) is 87.3 Å². The number of carbonyl (C=O) groups excluding carboxylic acids is 2. The van der Waals surface area contributed by atoms with E-state index in [2.05, 4.69) is 128 Å². The Morgan fingerprint density at radius 1 is 0.591 bits per heavy atom. The summed E-state index contributed by atoms with van der Waals surface area (Å²) in [6, 6.07) is 9.10. The summed E-state index contributed by atoms with van der Waals surface area (Å²) >= 11 is 0. The highest BCUT2D eigenvalue weighted by molar-refractivity contribution is 6.00. The van der Waals surface area contributed by atoms with Gasteiger partial charge in [0.15, 0.2) is 0 Å². The van der Waals surface area contributed by atoms with Gasteiger partial charge >= 0.3 is 0 Å². The largest absolute Gasteiger partial charge is 0.511 e. The highest BCUT2D eigenvalue weighted by Gasteiger charge is 2.49. The molecule has 0 saturated carbocycles. The number of unbranched alkanes of at least 4 members (excludes halogenated alkanes) is 12. The standard InChI is InChI=1S/C58H94N4O4/c1-13-19-23-25-27-29-33-61-39(7)57(9,10)45-35-43(47(37-49(45)61)59-55(65)41(17-5)31-21-15-3)51-53(63)52(54(51)64)44-36-46-50(38-48(44)60-56(66)42(18-6)32-22-16-4)62(40(8)58(46,11)12)34-30-28-26-24-20-14-2/h35-42,51,53,63-64H,13-34H2,1-12H3,(H,59,65)(H,60,66). The van der Waals surface area contributed by atoms with Crippen molar-refractivity contribution >= 4 is 40.1 Å². The molecule has 0 fully saturated rings. The molecule has 2 aromatic rings. The van der Waals surface area contributed by atoms with E-state index in [-0.39, 0.29) is 52.3 Å². The summed E-state index contributed by atoms with van der Waals surface area (Å²) in [7, 11) is 0. The van der Waals surface area contributed by atoms with Gasteiger partial charge in [-0.3, -0.25) is 9.59 Å². The summed E-state index contributed by atoms with van der Waals surface area (Å²) in [5, 5.41) is 31.9. The number of fused-ring (bicyclic) bond motifs is 2. The van der Waals surface area contributed by atoms with E-state index in [0.717, 1.165) is 94.2 Å². The number of hydrogen-bond donors (Lipinski definition) is 4. The molecule has 8 nitrogen and oxygen atoms in total. The van der Waals surface area contributed by atoms with Crippen molar-refractivity contribution in [3.63, 3.8) is 0 Å². The van der Waals surface area contributed by atoms with Crippen LogP contribution < -0.4 is 20.4 Å². The van der Waals surface area contributed by atoms with E-state index in [1.165, 1.54) is 75.3 Å². The second-order valence-electron chi connectivity index (χ2n) is 21.8. The van der Waals surface area contributed by atoms with Crippen LogP contribution in [0.25, 0.3) is 5.57 Å². The minimum atomic E-state index is -1.06. The third-order valence-corrected chi connectivity index (χ3v) is 16.7. The molecule has 4 N–H and O–H groups in total. The van der Waals surface area contributed by atoms with Crippen molar-refractivity contribution in [3.05, 3.63) is 52.3 Å². The van der Waals surface area contributed by atoms with E-state index in [1.807, 2.05) is 0 Å². The van der Waals surface area contributed by atoms with Crippen molar-refractivity contribution in [2.75, 3.05) is 33.5 Å². The van der Waals surface area contributed by atoms with Gasteiger partial charge in [0.2, 0.25) is 11.8 Å². The van der Waals surface area contributed by atoms with Gasteiger partial charge in [0, 0.05) is 76.0 Å². The SMILES string of the molecule is CCCCCCCCN1c2cc(NC(=O)C(CC)CCCC)c(C3=C(O)C(c4cc5c(cc4NC(=O)C(CC)CCCC)N(CCCCCCCC)C(C)C5(C)C)C3O)cc2C(C)(C)C1C. The van der Waals surface area contributed by atoms with Gasteiger partial charge in [-0.2, -0.15) is 0 Å². The number of aliphatic hydroxyl groups is 2. The van der Waals surface area contributed by atoms with Crippen molar-refractivity contribution in [2.24, 2.45) is 11.8 Å². The fourth-order valence-corrected chi connectivity index (χ4v) is 11.4. The number of aliphatic hydroxyl groups excluding tert-OH is 2. The van der Waals surface area contributed by atoms with Crippen LogP contribution in [0, 0.1) is 11.8 Å². The van der Waals surface area contributed by atoms with E-state index in [0.29, 0.717) is 22.5 Å². The van der Waals surface area contributed by atoms with E-state index < -0.39 is 12.0 Å². The van der Waals surface area contributed by atoms with E-state index in [9.17, 15) is 19.8 Å². The lowest BCUT2D eigenvalue weighted by Crippen LogP contribution is -2.39. The zero-order valence-electron chi connectivity index (χ0n) is 43.9. The van der Waals surface area contributed by atoms with Crippen LogP contribution in [0.2, 0.25) is 0 Å². The smallest absolute Gasteiger partial charge is 0.227 e.